The lowest BCUT2D eigenvalue weighted by atomic mass is 10.0. The second-order valence-electron chi connectivity index (χ2n) is 22.3. The molecule has 0 N–H and O–H groups in total. The van der Waals surface area contributed by atoms with Gasteiger partial charge in [-0.2, -0.15) is 0 Å². The predicted octanol–water partition coefficient (Wildman–Crippen LogP) is 23.4. The van der Waals surface area contributed by atoms with Crippen molar-refractivity contribution in [3.63, 3.8) is 0 Å². The highest BCUT2D eigenvalue weighted by molar-refractivity contribution is 5.71. The molecule has 0 saturated heterocycles. The summed E-state index contributed by atoms with van der Waals surface area (Å²) in [6, 6.07) is 0. The summed E-state index contributed by atoms with van der Waals surface area (Å²) in [5, 5.41) is 0. The molecule has 1 atom stereocenters. The molecule has 0 rings (SSSR count). The fourth-order valence-corrected chi connectivity index (χ4v) is 9.41. The van der Waals surface area contributed by atoms with Crippen LogP contribution in [0, 0.1) is 0 Å². The Hall–Kier alpha value is -3.93. The lowest BCUT2D eigenvalue weighted by Crippen LogP contribution is -2.30. The van der Waals surface area contributed by atoms with Crippen molar-refractivity contribution in [2.24, 2.45) is 0 Å². The van der Waals surface area contributed by atoms with Gasteiger partial charge < -0.3 is 14.2 Å². The first-order valence-corrected chi connectivity index (χ1v) is 33.9. The quantitative estimate of drug-likeness (QED) is 0.0261. The summed E-state index contributed by atoms with van der Waals surface area (Å²) in [6.45, 7) is 6.50. The summed E-state index contributed by atoms with van der Waals surface area (Å²) in [7, 11) is 0. The fraction of sp³-hybridized carbons (Fsp3) is 0.716. The number of carbonyl (C=O) groups is 3. The Bertz CT molecular complexity index is 1610. The lowest BCUT2D eigenvalue weighted by molar-refractivity contribution is -0.167. The second-order valence-corrected chi connectivity index (χ2v) is 22.3. The molecule has 6 nitrogen and oxygen atoms in total. The number of hydrogen-bond acceptors (Lipinski definition) is 6. The smallest absolute Gasteiger partial charge is 0.306 e. The summed E-state index contributed by atoms with van der Waals surface area (Å²) in [5.41, 5.74) is 0. The zero-order valence-electron chi connectivity index (χ0n) is 52.6. The molecule has 0 aromatic carbocycles. The van der Waals surface area contributed by atoms with Crippen molar-refractivity contribution in [3.8, 4) is 0 Å². The molecular formula is C74H126O6. The van der Waals surface area contributed by atoms with Gasteiger partial charge in [0.25, 0.3) is 0 Å². The minimum absolute atomic E-state index is 0.0855. The van der Waals surface area contributed by atoms with Gasteiger partial charge in [0.15, 0.2) is 6.10 Å². The SMILES string of the molecule is CC/C=C\C/C=C\C/C=C\C/C=C\C/C=C\CCCCCCCCCCCCCC(=O)OCC(COC(=O)CCCCCCC/C=C\C/C=C\CCCCCC)OC(=O)CCCCCCCCCCC/C=C\C/C=C\CCCCC. The van der Waals surface area contributed by atoms with Crippen LogP contribution in [0.4, 0.5) is 0 Å². The van der Waals surface area contributed by atoms with Gasteiger partial charge in [0.2, 0.25) is 0 Å². The number of ether oxygens (including phenoxy) is 3. The van der Waals surface area contributed by atoms with Crippen LogP contribution in [0.25, 0.3) is 0 Å². The standard InChI is InChI=1S/C74H126O6/c1-4-7-10-13-16-19-22-25-28-31-33-34-35-36-37-38-39-40-42-43-46-49-52-55-58-61-64-67-73(76)79-70-71(69-78-72(75)66-63-60-57-54-51-48-45-30-27-24-21-18-15-12-9-6-3)80-74(77)68-65-62-59-56-53-50-47-44-41-32-29-26-23-20-17-14-11-8-5-2/h7,10,16-17,19-21,24-26,28-30,33-34,36-37,45,71H,4-6,8-9,11-15,18,22-23,27,31-32,35,38-44,46-70H2,1-3H3/b10-7-,19-16-,20-17-,24-21-,28-25-,29-26-,34-33-,37-36-,45-30-. The molecule has 6 heteroatoms. The number of unbranched alkanes of at least 4 members (excludes halogenated alkanes) is 32. The zero-order valence-corrected chi connectivity index (χ0v) is 52.6. The number of allylic oxidation sites excluding steroid dienone is 18. The van der Waals surface area contributed by atoms with Gasteiger partial charge >= 0.3 is 17.9 Å². The number of hydrogen-bond donors (Lipinski definition) is 0. The summed E-state index contributed by atoms with van der Waals surface area (Å²) < 4.78 is 17.0. The van der Waals surface area contributed by atoms with Crippen molar-refractivity contribution in [3.05, 3.63) is 109 Å². The van der Waals surface area contributed by atoms with Crippen molar-refractivity contribution >= 4 is 17.9 Å². The van der Waals surface area contributed by atoms with Gasteiger partial charge in [0.1, 0.15) is 13.2 Å². The normalized spacial score (nSPS) is 12.8. The van der Waals surface area contributed by atoms with Crippen LogP contribution in [-0.4, -0.2) is 37.2 Å². The van der Waals surface area contributed by atoms with E-state index in [9.17, 15) is 14.4 Å². The zero-order chi connectivity index (χ0) is 57.8. The Balaban J connectivity index is 4.36. The van der Waals surface area contributed by atoms with Crippen LogP contribution in [0.15, 0.2) is 109 Å². The molecule has 0 aromatic heterocycles. The van der Waals surface area contributed by atoms with Gasteiger partial charge in [-0.15, -0.1) is 0 Å². The third-order valence-corrected chi connectivity index (χ3v) is 14.5. The number of rotatable bonds is 61. The van der Waals surface area contributed by atoms with Crippen molar-refractivity contribution in [2.75, 3.05) is 13.2 Å². The average Bonchev–Trinajstić information content (AvgIpc) is 3.46. The Morgan fingerprint density at radius 3 is 0.787 bits per heavy atom. The van der Waals surface area contributed by atoms with Crippen molar-refractivity contribution < 1.29 is 28.6 Å². The summed E-state index contributed by atoms with van der Waals surface area (Å²) in [4.78, 5) is 38.4. The maximum Gasteiger partial charge on any atom is 0.306 e. The molecule has 458 valence electrons. The molecule has 0 fully saturated rings. The van der Waals surface area contributed by atoms with Crippen molar-refractivity contribution in [2.45, 2.75) is 329 Å². The first kappa shape index (κ1) is 76.1. The van der Waals surface area contributed by atoms with E-state index in [0.717, 1.165) is 116 Å². The lowest BCUT2D eigenvalue weighted by Gasteiger charge is -2.18. The van der Waals surface area contributed by atoms with Crippen LogP contribution in [0.1, 0.15) is 323 Å². The Labute approximate surface area is 495 Å². The van der Waals surface area contributed by atoms with Crippen LogP contribution >= 0.6 is 0 Å². The molecule has 0 amide bonds. The van der Waals surface area contributed by atoms with Crippen LogP contribution in [0.2, 0.25) is 0 Å². The molecule has 0 aliphatic carbocycles. The fourth-order valence-electron chi connectivity index (χ4n) is 9.41. The Morgan fingerprint density at radius 1 is 0.263 bits per heavy atom. The third-order valence-electron chi connectivity index (χ3n) is 14.5. The maximum absolute atomic E-state index is 12.9. The summed E-state index contributed by atoms with van der Waals surface area (Å²) in [6.07, 6.45) is 92.4. The maximum atomic E-state index is 12.9. The minimum Gasteiger partial charge on any atom is -0.462 e. The van der Waals surface area contributed by atoms with E-state index in [1.807, 2.05) is 0 Å². The molecule has 0 bridgehead atoms. The van der Waals surface area contributed by atoms with Gasteiger partial charge in [-0.1, -0.05) is 284 Å². The van der Waals surface area contributed by atoms with Crippen LogP contribution in [0.5, 0.6) is 0 Å². The Kier molecular flexibility index (Phi) is 64.3. The molecule has 0 spiro atoms. The largest absolute Gasteiger partial charge is 0.462 e. The molecule has 0 radical (unpaired) electrons. The molecule has 1 unspecified atom stereocenters. The monoisotopic (exact) mass is 1110 g/mol. The van der Waals surface area contributed by atoms with Crippen LogP contribution < -0.4 is 0 Å². The summed E-state index contributed by atoms with van der Waals surface area (Å²) in [5.74, 6) is -0.895. The molecular weight excluding hydrogens is 985 g/mol. The first-order chi connectivity index (χ1) is 39.5. The molecule has 0 aliphatic rings. The molecule has 0 heterocycles. The highest BCUT2D eigenvalue weighted by Gasteiger charge is 2.19. The number of esters is 3. The van der Waals surface area contributed by atoms with Gasteiger partial charge in [-0.05, 0) is 128 Å². The van der Waals surface area contributed by atoms with E-state index in [2.05, 4.69) is 130 Å². The highest BCUT2D eigenvalue weighted by Crippen LogP contribution is 2.16. The van der Waals surface area contributed by atoms with Crippen molar-refractivity contribution in [1.29, 1.82) is 0 Å². The first-order valence-electron chi connectivity index (χ1n) is 33.9. The molecule has 0 aliphatic heterocycles. The van der Waals surface area contributed by atoms with E-state index in [1.54, 1.807) is 0 Å². The van der Waals surface area contributed by atoms with Crippen LogP contribution in [0.3, 0.4) is 0 Å². The Morgan fingerprint density at radius 2 is 0.487 bits per heavy atom. The van der Waals surface area contributed by atoms with E-state index in [0.29, 0.717) is 19.3 Å². The van der Waals surface area contributed by atoms with E-state index < -0.39 is 6.10 Å². The number of carbonyl (C=O) groups excluding carboxylic acids is 3. The molecule has 0 aromatic rings. The van der Waals surface area contributed by atoms with E-state index in [4.69, 9.17) is 14.2 Å². The third kappa shape index (κ3) is 64.9. The van der Waals surface area contributed by atoms with E-state index in [-0.39, 0.29) is 31.1 Å². The highest BCUT2D eigenvalue weighted by atomic mass is 16.6. The van der Waals surface area contributed by atoms with Gasteiger partial charge in [0.05, 0.1) is 0 Å². The summed E-state index contributed by atoms with van der Waals surface area (Å²) >= 11 is 0. The average molecular weight is 1110 g/mol. The predicted molar refractivity (Wildman–Crippen MR) is 348 cm³/mol. The van der Waals surface area contributed by atoms with E-state index in [1.165, 1.54) is 167 Å². The van der Waals surface area contributed by atoms with Gasteiger partial charge in [-0.3, -0.25) is 14.4 Å². The second kappa shape index (κ2) is 67.6. The van der Waals surface area contributed by atoms with Crippen LogP contribution in [-0.2, 0) is 28.6 Å². The van der Waals surface area contributed by atoms with Crippen molar-refractivity contribution in [1.82, 2.24) is 0 Å². The minimum atomic E-state index is -0.790. The molecule has 80 heavy (non-hydrogen) atoms. The van der Waals surface area contributed by atoms with Gasteiger partial charge in [0, 0.05) is 19.3 Å². The topological polar surface area (TPSA) is 78.9 Å². The molecule has 0 saturated carbocycles. The van der Waals surface area contributed by atoms with Gasteiger partial charge in [-0.25, -0.2) is 0 Å². The van der Waals surface area contributed by atoms with E-state index >= 15 is 0 Å².